The molecule has 0 radical (unpaired) electrons. The number of carbonyl (C=O) groups is 1. The number of benzene rings is 1. The molecule has 1 aromatic carbocycles. The SMILES string of the molecule is COc1ccc(Cl)cc1NC(=O)N1CCC(COc2ccnc(C)c2)CC1. The molecule has 6 nitrogen and oxygen atoms in total. The number of likely N-dealkylation sites (tertiary alicyclic amines) is 1. The van der Waals surface area contributed by atoms with Crippen molar-refractivity contribution in [1.29, 1.82) is 0 Å². The number of ether oxygens (including phenoxy) is 2. The van der Waals surface area contributed by atoms with Gasteiger partial charge in [-0.15, -0.1) is 0 Å². The number of pyridine rings is 1. The van der Waals surface area contributed by atoms with E-state index in [0.29, 0.717) is 42.1 Å². The number of piperidine rings is 1. The summed E-state index contributed by atoms with van der Waals surface area (Å²) in [6.07, 6.45) is 3.57. The zero-order valence-electron chi connectivity index (χ0n) is 15.6. The first-order valence-corrected chi connectivity index (χ1v) is 9.38. The number of carbonyl (C=O) groups excluding carboxylic acids is 1. The number of aromatic nitrogens is 1. The number of hydrogen-bond donors (Lipinski definition) is 1. The van der Waals surface area contributed by atoms with Gasteiger partial charge in [0.25, 0.3) is 0 Å². The molecule has 0 bridgehead atoms. The fourth-order valence-electron chi connectivity index (χ4n) is 3.10. The maximum absolute atomic E-state index is 12.5. The molecule has 2 heterocycles. The molecule has 2 amide bonds. The van der Waals surface area contributed by atoms with E-state index in [0.717, 1.165) is 24.3 Å². The fraction of sp³-hybridized carbons (Fsp3) is 0.400. The minimum Gasteiger partial charge on any atom is -0.495 e. The highest BCUT2D eigenvalue weighted by molar-refractivity contribution is 6.31. The first kappa shape index (κ1) is 19.3. The number of urea groups is 1. The quantitative estimate of drug-likeness (QED) is 0.824. The zero-order valence-corrected chi connectivity index (χ0v) is 16.3. The van der Waals surface area contributed by atoms with Crippen molar-refractivity contribution in [3.05, 3.63) is 47.2 Å². The van der Waals surface area contributed by atoms with Crippen LogP contribution in [0.5, 0.6) is 11.5 Å². The summed E-state index contributed by atoms with van der Waals surface area (Å²) in [6.45, 7) is 3.98. The van der Waals surface area contributed by atoms with Gasteiger partial charge in [0.05, 0.1) is 19.4 Å². The Morgan fingerprint density at radius 1 is 1.30 bits per heavy atom. The van der Waals surface area contributed by atoms with Crippen LogP contribution in [-0.2, 0) is 0 Å². The lowest BCUT2D eigenvalue weighted by Gasteiger charge is -2.32. The molecular weight excluding hydrogens is 366 g/mol. The van der Waals surface area contributed by atoms with Crippen LogP contribution >= 0.6 is 11.6 Å². The number of nitrogens with zero attached hydrogens (tertiary/aromatic N) is 2. The molecule has 7 heteroatoms. The number of nitrogens with one attached hydrogen (secondary N) is 1. The third-order valence-electron chi connectivity index (χ3n) is 4.66. The molecule has 1 aromatic heterocycles. The van der Waals surface area contributed by atoms with Crippen molar-refractivity contribution in [1.82, 2.24) is 9.88 Å². The molecule has 144 valence electrons. The molecule has 27 heavy (non-hydrogen) atoms. The minimum atomic E-state index is -0.139. The predicted octanol–water partition coefficient (Wildman–Crippen LogP) is 4.37. The number of rotatable bonds is 5. The number of hydrogen-bond acceptors (Lipinski definition) is 4. The number of methoxy groups -OCH3 is 1. The van der Waals surface area contributed by atoms with Crippen molar-refractivity contribution < 1.29 is 14.3 Å². The first-order valence-electron chi connectivity index (χ1n) is 9.00. The molecule has 0 saturated carbocycles. The van der Waals surface area contributed by atoms with E-state index in [2.05, 4.69) is 10.3 Å². The van der Waals surface area contributed by atoms with Gasteiger partial charge in [0.2, 0.25) is 0 Å². The van der Waals surface area contributed by atoms with Gasteiger partial charge in [0, 0.05) is 36.1 Å². The highest BCUT2D eigenvalue weighted by atomic mass is 35.5. The maximum atomic E-state index is 12.5. The van der Waals surface area contributed by atoms with E-state index in [1.165, 1.54) is 0 Å². The van der Waals surface area contributed by atoms with Crippen LogP contribution < -0.4 is 14.8 Å². The summed E-state index contributed by atoms with van der Waals surface area (Å²) in [4.78, 5) is 18.5. The van der Waals surface area contributed by atoms with Crippen molar-refractivity contribution in [3.8, 4) is 11.5 Å². The summed E-state index contributed by atoms with van der Waals surface area (Å²) in [7, 11) is 1.56. The van der Waals surface area contributed by atoms with Crippen molar-refractivity contribution in [3.63, 3.8) is 0 Å². The largest absolute Gasteiger partial charge is 0.495 e. The molecule has 1 fully saturated rings. The second-order valence-corrected chi connectivity index (χ2v) is 7.09. The molecule has 0 aliphatic carbocycles. The third kappa shape index (κ3) is 5.26. The van der Waals surface area contributed by atoms with Crippen molar-refractivity contribution in [2.24, 2.45) is 5.92 Å². The second-order valence-electron chi connectivity index (χ2n) is 6.65. The average Bonchev–Trinajstić information content (AvgIpc) is 2.67. The zero-order chi connectivity index (χ0) is 19.2. The number of anilines is 1. The van der Waals surface area contributed by atoms with Crippen LogP contribution in [0.2, 0.25) is 5.02 Å². The summed E-state index contributed by atoms with van der Waals surface area (Å²) >= 11 is 6.02. The predicted molar refractivity (Wildman–Crippen MR) is 106 cm³/mol. The molecule has 1 aliphatic rings. The number of halogens is 1. The summed E-state index contributed by atoms with van der Waals surface area (Å²) in [5.41, 5.74) is 1.52. The van der Waals surface area contributed by atoms with Crippen LogP contribution in [0.4, 0.5) is 10.5 Å². The molecule has 1 N–H and O–H groups in total. The molecule has 1 saturated heterocycles. The second kappa shape index (κ2) is 8.95. The van der Waals surface area contributed by atoms with Gasteiger partial charge >= 0.3 is 6.03 Å². The highest BCUT2D eigenvalue weighted by Crippen LogP contribution is 2.28. The van der Waals surface area contributed by atoms with Crippen LogP contribution in [0.3, 0.4) is 0 Å². The minimum absolute atomic E-state index is 0.139. The smallest absolute Gasteiger partial charge is 0.321 e. The lowest BCUT2D eigenvalue weighted by atomic mass is 9.98. The Morgan fingerprint density at radius 3 is 2.78 bits per heavy atom. The van der Waals surface area contributed by atoms with E-state index in [1.54, 1.807) is 31.5 Å². The molecular formula is C20H24ClN3O3. The Hall–Kier alpha value is -2.47. The lowest BCUT2D eigenvalue weighted by Crippen LogP contribution is -2.42. The molecule has 0 atom stereocenters. The molecule has 2 aromatic rings. The summed E-state index contributed by atoms with van der Waals surface area (Å²) < 4.78 is 11.1. The van der Waals surface area contributed by atoms with Crippen LogP contribution in [0.15, 0.2) is 36.5 Å². The van der Waals surface area contributed by atoms with Gasteiger partial charge in [-0.3, -0.25) is 4.98 Å². The Bertz CT molecular complexity index is 792. The van der Waals surface area contributed by atoms with Gasteiger partial charge < -0.3 is 19.7 Å². The van der Waals surface area contributed by atoms with E-state index in [4.69, 9.17) is 21.1 Å². The van der Waals surface area contributed by atoms with Crippen molar-refractivity contribution >= 4 is 23.3 Å². The third-order valence-corrected chi connectivity index (χ3v) is 4.89. The van der Waals surface area contributed by atoms with Gasteiger partial charge in [0.1, 0.15) is 11.5 Å². The van der Waals surface area contributed by atoms with Crippen LogP contribution in [0.1, 0.15) is 18.5 Å². The Labute approximate surface area is 164 Å². The molecule has 3 rings (SSSR count). The van der Waals surface area contributed by atoms with Gasteiger partial charge in [-0.05, 0) is 49.9 Å². The summed E-state index contributed by atoms with van der Waals surface area (Å²) in [5.74, 6) is 1.86. The van der Waals surface area contributed by atoms with E-state index < -0.39 is 0 Å². The fourth-order valence-corrected chi connectivity index (χ4v) is 3.27. The molecule has 1 aliphatic heterocycles. The van der Waals surface area contributed by atoms with Gasteiger partial charge in [-0.25, -0.2) is 4.79 Å². The van der Waals surface area contributed by atoms with E-state index in [9.17, 15) is 4.79 Å². The maximum Gasteiger partial charge on any atom is 0.321 e. The Morgan fingerprint density at radius 2 is 2.07 bits per heavy atom. The Kier molecular flexibility index (Phi) is 6.40. The summed E-state index contributed by atoms with van der Waals surface area (Å²) in [5, 5.41) is 3.44. The van der Waals surface area contributed by atoms with E-state index >= 15 is 0 Å². The monoisotopic (exact) mass is 389 g/mol. The van der Waals surface area contributed by atoms with E-state index in [1.807, 2.05) is 24.0 Å². The topological polar surface area (TPSA) is 63.7 Å². The Balaban J connectivity index is 1.48. The molecule has 0 spiro atoms. The average molecular weight is 390 g/mol. The van der Waals surface area contributed by atoms with Crippen LogP contribution in [-0.4, -0.2) is 42.7 Å². The number of amides is 2. The molecule has 0 unspecified atom stereocenters. The van der Waals surface area contributed by atoms with Crippen LogP contribution in [0, 0.1) is 12.8 Å². The van der Waals surface area contributed by atoms with Crippen molar-refractivity contribution in [2.45, 2.75) is 19.8 Å². The highest BCUT2D eigenvalue weighted by Gasteiger charge is 2.24. The standard InChI is InChI=1S/C20H24ClN3O3/c1-14-11-17(5-8-22-14)27-13-15-6-9-24(10-7-15)20(25)23-18-12-16(21)3-4-19(18)26-2/h3-5,8,11-12,15H,6-7,9-10,13H2,1-2H3,(H,23,25). The van der Waals surface area contributed by atoms with Crippen molar-refractivity contribution in [2.75, 3.05) is 32.1 Å². The van der Waals surface area contributed by atoms with Gasteiger partial charge in [0.15, 0.2) is 0 Å². The lowest BCUT2D eigenvalue weighted by molar-refractivity contribution is 0.152. The first-order chi connectivity index (χ1) is 13.0. The van der Waals surface area contributed by atoms with E-state index in [-0.39, 0.29) is 6.03 Å². The number of aryl methyl sites for hydroxylation is 1. The van der Waals surface area contributed by atoms with Gasteiger partial charge in [-0.2, -0.15) is 0 Å². The summed E-state index contributed by atoms with van der Waals surface area (Å²) in [6, 6.07) is 8.82. The van der Waals surface area contributed by atoms with Gasteiger partial charge in [-0.1, -0.05) is 11.6 Å². The normalized spacial score (nSPS) is 14.7. The van der Waals surface area contributed by atoms with Crippen LogP contribution in [0.25, 0.3) is 0 Å².